The fourth-order valence-corrected chi connectivity index (χ4v) is 3.72. The quantitative estimate of drug-likeness (QED) is 0.780. The fourth-order valence-electron chi connectivity index (χ4n) is 2.55. The Kier molecular flexibility index (Phi) is 3.26. The first-order chi connectivity index (χ1) is 8.99. The molecule has 0 bridgehead atoms. The zero-order chi connectivity index (χ0) is 13.7. The minimum absolute atomic E-state index is 0.00707. The molecule has 3 rings (SSSR count). The van der Waals surface area contributed by atoms with Gasteiger partial charge >= 0.3 is 5.69 Å². The molecule has 1 saturated carbocycles. The number of rotatable bonds is 3. The Morgan fingerprint density at radius 3 is 2.47 bits per heavy atom. The molecule has 2 aromatic rings. The Morgan fingerprint density at radius 1 is 1.32 bits per heavy atom. The smallest absolute Gasteiger partial charge is 0.295 e. The van der Waals surface area contributed by atoms with Gasteiger partial charge in [0, 0.05) is 18.6 Å². The van der Waals surface area contributed by atoms with Crippen molar-refractivity contribution in [1.29, 1.82) is 0 Å². The van der Waals surface area contributed by atoms with Crippen molar-refractivity contribution in [3.8, 4) is 0 Å². The first kappa shape index (κ1) is 13.3. The predicted octanol–water partition coefficient (Wildman–Crippen LogP) is 3.72. The first-order valence-corrected chi connectivity index (χ1v) is 7.71. The van der Waals surface area contributed by atoms with E-state index in [4.69, 9.17) is 11.6 Å². The maximum atomic E-state index is 11.9. The summed E-state index contributed by atoms with van der Waals surface area (Å²) in [6, 6.07) is 4.04. The lowest BCUT2D eigenvalue weighted by Crippen LogP contribution is -2.19. The summed E-state index contributed by atoms with van der Waals surface area (Å²) < 4.78 is 4.32. The van der Waals surface area contributed by atoms with Gasteiger partial charge in [-0.3, -0.25) is 9.13 Å². The molecule has 1 aliphatic rings. The van der Waals surface area contributed by atoms with Crippen LogP contribution >= 0.6 is 27.5 Å². The molecular weight excluding hydrogens is 328 g/mol. The summed E-state index contributed by atoms with van der Waals surface area (Å²) in [5.74, 6) is 0.782. The van der Waals surface area contributed by atoms with E-state index in [1.54, 1.807) is 23.2 Å². The van der Waals surface area contributed by atoms with Crippen molar-refractivity contribution < 1.29 is 0 Å². The topological polar surface area (TPSA) is 26.9 Å². The Morgan fingerprint density at radius 2 is 1.89 bits per heavy atom. The molecule has 19 heavy (non-hydrogen) atoms. The van der Waals surface area contributed by atoms with Gasteiger partial charge in [-0.05, 0) is 30.0 Å². The number of fused-ring (bicyclic) bond motifs is 1. The summed E-state index contributed by atoms with van der Waals surface area (Å²) >= 11 is 10.1. The van der Waals surface area contributed by atoms with E-state index in [0.29, 0.717) is 0 Å². The third-order valence-corrected chi connectivity index (χ3v) is 5.07. The lowest BCUT2D eigenvalue weighted by atomic mass is 10.1. The van der Waals surface area contributed by atoms with Gasteiger partial charge < -0.3 is 0 Å². The third kappa shape index (κ3) is 2.25. The largest absolute Gasteiger partial charge is 0.328 e. The molecule has 5 heteroatoms. The molecule has 1 aromatic heterocycles. The zero-order valence-electron chi connectivity index (χ0n) is 11.0. The lowest BCUT2D eigenvalue weighted by Gasteiger charge is -2.12. The second kappa shape index (κ2) is 4.67. The summed E-state index contributed by atoms with van der Waals surface area (Å²) in [4.78, 5) is 11.9. The minimum atomic E-state index is -0.00707. The van der Waals surface area contributed by atoms with Crippen LogP contribution in [0, 0.1) is 5.92 Å². The molecule has 1 atom stereocenters. The number of benzene rings is 1. The van der Waals surface area contributed by atoms with E-state index in [9.17, 15) is 4.79 Å². The van der Waals surface area contributed by atoms with Crippen LogP contribution < -0.4 is 5.69 Å². The number of hydrogen-bond donors (Lipinski definition) is 0. The molecule has 1 aliphatic carbocycles. The van der Waals surface area contributed by atoms with Gasteiger partial charge in [0.2, 0.25) is 0 Å². The molecule has 3 nitrogen and oxygen atoms in total. The van der Waals surface area contributed by atoms with Gasteiger partial charge in [-0.2, -0.15) is 0 Å². The van der Waals surface area contributed by atoms with E-state index in [1.165, 1.54) is 12.8 Å². The molecule has 1 fully saturated rings. The normalized spacial score (nSPS) is 17.1. The van der Waals surface area contributed by atoms with Crippen molar-refractivity contribution in [2.45, 2.75) is 24.6 Å². The van der Waals surface area contributed by atoms with Gasteiger partial charge in [0.15, 0.2) is 0 Å². The summed E-state index contributed by atoms with van der Waals surface area (Å²) in [5.41, 5.74) is 2.94. The van der Waals surface area contributed by atoms with Gasteiger partial charge in [-0.1, -0.05) is 28.8 Å². The van der Waals surface area contributed by atoms with Crippen LogP contribution in [0.15, 0.2) is 21.4 Å². The Bertz CT molecular complexity index is 700. The SMILES string of the molecule is Cn1c(=O)n(C)c2cc(C(Cl)CC3CC3)c(Br)cc21. The van der Waals surface area contributed by atoms with Gasteiger partial charge in [0.1, 0.15) is 0 Å². The van der Waals surface area contributed by atoms with Gasteiger partial charge in [0.05, 0.1) is 16.4 Å². The Labute approximate surface area is 125 Å². The van der Waals surface area contributed by atoms with Crippen molar-refractivity contribution in [3.63, 3.8) is 0 Å². The molecule has 1 unspecified atom stereocenters. The van der Waals surface area contributed by atoms with Crippen LogP contribution in [0.25, 0.3) is 11.0 Å². The standard InChI is InChI=1S/C14H16BrClN2O/c1-17-12-6-9(11(16)5-8-3-4-8)10(15)7-13(12)18(2)14(17)19/h6-8,11H,3-5H2,1-2H3. The summed E-state index contributed by atoms with van der Waals surface area (Å²) in [5, 5.41) is 0.0154. The van der Waals surface area contributed by atoms with Crippen LogP contribution in [0.5, 0.6) is 0 Å². The fraction of sp³-hybridized carbons (Fsp3) is 0.500. The van der Waals surface area contributed by atoms with Crippen LogP contribution in [-0.4, -0.2) is 9.13 Å². The van der Waals surface area contributed by atoms with Crippen LogP contribution in [0.4, 0.5) is 0 Å². The van der Waals surface area contributed by atoms with E-state index in [1.807, 2.05) is 12.1 Å². The van der Waals surface area contributed by atoms with E-state index < -0.39 is 0 Å². The molecule has 0 amide bonds. The number of hydrogen-bond acceptors (Lipinski definition) is 1. The van der Waals surface area contributed by atoms with E-state index >= 15 is 0 Å². The average Bonchev–Trinajstić information content (AvgIpc) is 3.16. The number of aromatic nitrogens is 2. The minimum Gasteiger partial charge on any atom is -0.295 e. The highest BCUT2D eigenvalue weighted by molar-refractivity contribution is 9.10. The molecule has 1 heterocycles. The first-order valence-electron chi connectivity index (χ1n) is 6.48. The Balaban J connectivity index is 2.12. The number of aryl methyl sites for hydroxylation is 2. The Hall–Kier alpha value is -0.740. The van der Waals surface area contributed by atoms with Crippen LogP contribution in [0.2, 0.25) is 0 Å². The number of imidazole rings is 1. The highest BCUT2D eigenvalue weighted by Crippen LogP contribution is 2.42. The van der Waals surface area contributed by atoms with E-state index in [-0.39, 0.29) is 11.1 Å². The van der Waals surface area contributed by atoms with Crippen molar-refractivity contribution in [2.75, 3.05) is 0 Å². The molecule has 0 aliphatic heterocycles. The average molecular weight is 344 g/mol. The van der Waals surface area contributed by atoms with Crippen LogP contribution in [0.1, 0.15) is 30.2 Å². The zero-order valence-corrected chi connectivity index (χ0v) is 13.3. The molecule has 0 saturated heterocycles. The monoisotopic (exact) mass is 342 g/mol. The van der Waals surface area contributed by atoms with Gasteiger partial charge in [0.25, 0.3) is 0 Å². The molecule has 102 valence electrons. The van der Waals surface area contributed by atoms with Crippen molar-refractivity contribution in [2.24, 2.45) is 20.0 Å². The third-order valence-electron chi connectivity index (χ3n) is 3.97. The van der Waals surface area contributed by atoms with Gasteiger partial charge in [-0.15, -0.1) is 11.6 Å². The maximum absolute atomic E-state index is 11.9. The van der Waals surface area contributed by atoms with Gasteiger partial charge in [-0.25, -0.2) is 4.79 Å². The lowest BCUT2D eigenvalue weighted by molar-refractivity contribution is 0.705. The second-order valence-electron chi connectivity index (χ2n) is 5.41. The maximum Gasteiger partial charge on any atom is 0.328 e. The molecular formula is C14H16BrClN2O. The van der Waals surface area contributed by atoms with Crippen molar-refractivity contribution in [1.82, 2.24) is 9.13 Å². The number of halogens is 2. The van der Waals surface area contributed by atoms with Crippen LogP contribution in [-0.2, 0) is 14.1 Å². The molecule has 0 radical (unpaired) electrons. The summed E-state index contributed by atoms with van der Waals surface area (Å²) in [6.07, 6.45) is 3.62. The molecule has 0 spiro atoms. The summed E-state index contributed by atoms with van der Waals surface area (Å²) in [6.45, 7) is 0. The summed E-state index contributed by atoms with van der Waals surface area (Å²) in [7, 11) is 3.59. The second-order valence-corrected chi connectivity index (χ2v) is 6.79. The predicted molar refractivity (Wildman–Crippen MR) is 81.8 cm³/mol. The highest BCUT2D eigenvalue weighted by atomic mass is 79.9. The molecule has 0 N–H and O–H groups in total. The van der Waals surface area contributed by atoms with Crippen LogP contribution in [0.3, 0.4) is 0 Å². The van der Waals surface area contributed by atoms with E-state index in [2.05, 4.69) is 15.9 Å². The molecule has 1 aromatic carbocycles. The number of alkyl halides is 1. The highest BCUT2D eigenvalue weighted by Gasteiger charge is 2.26. The van der Waals surface area contributed by atoms with Crippen molar-refractivity contribution >= 4 is 38.6 Å². The van der Waals surface area contributed by atoms with E-state index in [0.717, 1.165) is 33.4 Å². The van der Waals surface area contributed by atoms with Crippen molar-refractivity contribution in [3.05, 3.63) is 32.7 Å². The number of nitrogens with zero attached hydrogens (tertiary/aromatic N) is 2.